The smallest absolute Gasteiger partial charge is 0.247 e. The number of halogens is 1. The van der Waals surface area contributed by atoms with Crippen molar-refractivity contribution >= 4 is 26.2 Å². The van der Waals surface area contributed by atoms with Gasteiger partial charge in [0.05, 0.1) is 9.79 Å². The Labute approximate surface area is 121 Å². The molecule has 0 aliphatic carbocycles. The summed E-state index contributed by atoms with van der Waals surface area (Å²) in [6, 6.07) is 5.27. The number of sulfonamides is 1. The monoisotopic (exact) mass is 331 g/mol. The molecule has 0 amide bonds. The van der Waals surface area contributed by atoms with Gasteiger partial charge >= 0.3 is 10.2 Å². The van der Waals surface area contributed by atoms with Crippen LogP contribution in [0.1, 0.15) is 5.69 Å². The Kier molecular flexibility index (Phi) is 3.92. The predicted octanol–water partition coefficient (Wildman–Crippen LogP) is 1.24. The van der Waals surface area contributed by atoms with Gasteiger partial charge in [-0.05, 0) is 37.3 Å². The molecule has 0 saturated heterocycles. The highest BCUT2D eigenvalue weighted by Crippen LogP contribution is 2.17. The van der Waals surface area contributed by atoms with Crippen molar-refractivity contribution in [3.63, 3.8) is 0 Å². The molecule has 1 N–H and O–H groups in total. The summed E-state index contributed by atoms with van der Waals surface area (Å²) in [6.45, 7) is 1.67. The van der Waals surface area contributed by atoms with E-state index < -0.39 is 25.1 Å². The first-order valence-corrected chi connectivity index (χ1v) is 8.42. The van der Waals surface area contributed by atoms with E-state index in [9.17, 15) is 20.7 Å². The standard InChI is InChI=1S/C11H10FN3O4S2/c1-8-6-7-13-11(14-8)15-21(18,19)10-4-2-9(3-5-10)20(12,16)17/h2-7H,1H3,(H,13,14,15). The lowest BCUT2D eigenvalue weighted by Gasteiger charge is -2.07. The zero-order valence-electron chi connectivity index (χ0n) is 10.7. The second-order valence-corrected chi connectivity index (χ2v) is 7.07. The van der Waals surface area contributed by atoms with Gasteiger partial charge in [-0.15, -0.1) is 3.89 Å². The van der Waals surface area contributed by atoms with Crippen LogP contribution < -0.4 is 4.72 Å². The largest absolute Gasteiger partial charge is 0.332 e. The fraction of sp³-hybridized carbons (Fsp3) is 0.0909. The average molecular weight is 331 g/mol. The first-order chi connectivity index (χ1) is 9.68. The van der Waals surface area contributed by atoms with Gasteiger partial charge < -0.3 is 0 Å². The summed E-state index contributed by atoms with van der Waals surface area (Å²) < 4.78 is 60.3. The molecule has 1 heterocycles. The highest BCUT2D eigenvalue weighted by atomic mass is 32.3. The Balaban J connectivity index is 2.32. The van der Waals surface area contributed by atoms with Gasteiger partial charge in [0.1, 0.15) is 0 Å². The molecule has 1 aromatic carbocycles. The summed E-state index contributed by atoms with van der Waals surface area (Å²) in [4.78, 5) is 6.78. The fourth-order valence-electron chi connectivity index (χ4n) is 1.46. The molecule has 7 nitrogen and oxygen atoms in total. The number of hydrogen-bond donors (Lipinski definition) is 1. The lowest BCUT2D eigenvalue weighted by atomic mass is 10.4. The van der Waals surface area contributed by atoms with E-state index in [-0.39, 0.29) is 10.8 Å². The van der Waals surface area contributed by atoms with Crippen LogP contribution in [0, 0.1) is 6.92 Å². The van der Waals surface area contributed by atoms with E-state index in [0.717, 1.165) is 24.3 Å². The Morgan fingerprint density at radius 2 is 1.57 bits per heavy atom. The first kappa shape index (κ1) is 15.3. The van der Waals surface area contributed by atoms with Gasteiger partial charge in [-0.2, -0.15) is 8.42 Å². The quantitative estimate of drug-likeness (QED) is 0.845. The van der Waals surface area contributed by atoms with E-state index in [0.29, 0.717) is 5.69 Å². The van der Waals surface area contributed by atoms with E-state index in [4.69, 9.17) is 0 Å². The molecule has 0 bridgehead atoms. The van der Waals surface area contributed by atoms with E-state index in [1.165, 1.54) is 6.20 Å². The van der Waals surface area contributed by atoms with Crippen molar-refractivity contribution in [1.82, 2.24) is 9.97 Å². The average Bonchev–Trinajstić information content (AvgIpc) is 2.37. The summed E-state index contributed by atoms with van der Waals surface area (Å²) in [7, 11) is -8.85. The number of aryl methyl sites for hydroxylation is 1. The molecule has 0 aliphatic rings. The zero-order valence-corrected chi connectivity index (χ0v) is 12.3. The van der Waals surface area contributed by atoms with Crippen molar-refractivity contribution in [3.05, 3.63) is 42.2 Å². The van der Waals surface area contributed by atoms with Crippen LogP contribution >= 0.6 is 0 Å². The summed E-state index contributed by atoms with van der Waals surface area (Å²) in [6.07, 6.45) is 1.39. The minimum atomic E-state index is -4.87. The summed E-state index contributed by atoms with van der Waals surface area (Å²) in [5.74, 6) is -0.114. The predicted molar refractivity (Wildman–Crippen MR) is 72.3 cm³/mol. The van der Waals surface area contributed by atoms with Crippen molar-refractivity contribution in [1.29, 1.82) is 0 Å². The highest BCUT2D eigenvalue weighted by molar-refractivity contribution is 7.92. The second-order valence-electron chi connectivity index (χ2n) is 4.04. The maximum absolute atomic E-state index is 12.7. The summed E-state index contributed by atoms with van der Waals surface area (Å²) in [5.41, 5.74) is 0.571. The molecule has 21 heavy (non-hydrogen) atoms. The molecule has 112 valence electrons. The molecule has 0 aliphatic heterocycles. The van der Waals surface area contributed by atoms with E-state index in [1.807, 2.05) is 0 Å². The van der Waals surface area contributed by atoms with Crippen LogP contribution in [0.2, 0.25) is 0 Å². The van der Waals surface area contributed by atoms with Gasteiger partial charge in [0.25, 0.3) is 10.0 Å². The highest BCUT2D eigenvalue weighted by Gasteiger charge is 2.18. The van der Waals surface area contributed by atoms with Crippen molar-refractivity contribution in [2.45, 2.75) is 16.7 Å². The Hall–Kier alpha value is -2.07. The lowest BCUT2D eigenvalue weighted by molar-refractivity contribution is 0.551. The molecular formula is C11H10FN3O4S2. The molecule has 0 radical (unpaired) electrons. The van der Waals surface area contributed by atoms with Crippen LogP contribution in [0.4, 0.5) is 9.83 Å². The number of hydrogen-bond acceptors (Lipinski definition) is 6. The van der Waals surface area contributed by atoms with Crippen molar-refractivity contribution in [3.8, 4) is 0 Å². The van der Waals surface area contributed by atoms with Gasteiger partial charge in [0.15, 0.2) is 0 Å². The zero-order chi connectivity index (χ0) is 15.7. The van der Waals surface area contributed by atoms with Crippen LogP contribution in [0.5, 0.6) is 0 Å². The van der Waals surface area contributed by atoms with E-state index >= 15 is 0 Å². The van der Waals surface area contributed by atoms with Crippen molar-refractivity contribution < 1.29 is 20.7 Å². The molecule has 1 aromatic heterocycles. The fourth-order valence-corrected chi connectivity index (χ4v) is 2.87. The third-order valence-electron chi connectivity index (χ3n) is 2.44. The maximum Gasteiger partial charge on any atom is 0.332 e. The van der Waals surface area contributed by atoms with Gasteiger partial charge in [-0.1, -0.05) is 0 Å². The van der Waals surface area contributed by atoms with Crippen LogP contribution in [-0.2, 0) is 20.2 Å². The van der Waals surface area contributed by atoms with E-state index in [2.05, 4.69) is 14.7 Å². The van der Waals surface area contributed by atoms with Gasteiger partial charge in [0, 0.05) is 11.9 Å². The molecule has 0 spiro atoms. The number of nitrogens with one attached hydrogen (secondary N) is 1. The van der Waals surface area contributed by atoms with Crippen LogP contribution in [0.25, 0.3) is 0 Å². The normalized spacial score (nSPS) is 12.1. The molecule has 0 unspecified atom stereocenters. The summed E-state index contributed by atoms with van der Waals surface area (Å²) in [5, 5.41) is 0. The molecule has 10 heteroatoms. The number of anilines is 1. The number of benzene rings is 1. The Morgan fingerprint density at radius 1 is 1.00 bits per heavy atom. The van der Waals surface area contributed by atoms with Crippen molar-refractivity contribution in [2.24, 2.45) is 0 Å². The Bertz CT molecular complexity index is 865. The Morgan fingerprint density at radius 3 is 2.10 bits per heavy atom. The third-order valence-corrected chi connectivity index (χ3v) is 4.62. The molecule has 0 atom stereocenters. The SMILES string of the molecule is Cc1ccnc(NS(=O)(=O)c2ccc(S(=O)(=O)F)cc2)n1. The lowest BCUT2D eigenvalue weighted by Crippen LogP contribution is -2.15. The molecule has 0 fully saturated rings. The minimum Gasteiger partial charge on any atom is -0.247 e. The molecular weight excluding hydrogens is 321 g/mol. The maximum atomic E-state index is 12.7. The van der Waals surface area contributed by atoms with Crippen LogP contribution in [0.3, 0.4) is 0 Å². The molecule has 2 aromatic rings. The number of aromatic nitrogens is 2. The molecule has 2 rings (SSSR count). The number of nitrogens with zero attached hydrogens (tertiary/aromatic N) is 2. The first-order valence-electron chi connectivity index (χ1n) is 5.56. The third kappa shape index (κ3) is 3.73. The van der Waals surface area contributed by atoms with Crippen LogP contribution in [0.15, 0.2) is 46.3 Å². The van der Waals surface area contributed by atoms with Crippen molar-refractivity contribution in [2.75, 3.05) is 4.72 Å². The summed E-state index contributed by atoms with van der Waals surface area (Å²) >= 11 is 0. The topological polar surface area (TPSA) is 106 Å². The van der Waals surface area contributed by atoms with E-state index in [1.54, 1.807) is 13.0 Å². The van der Waals surface area contributed by atoms with Gasteiger partial charge in [-0.3, -0.25) is 0 Å². The number of rotatable bonds is 4. The van der Waals surface area contributed by atoms with Gasteiger partial charge in [0.2, 0.25) is 5.95 Å². The van der Waals surface area contributed by atoms with Crippen LogP contribution in [-0.4, -0.2) is 26.8 Å². The minimum absolute atomic E-state index is 0.114. The van der Waals surface area contributed by atoms with Gasteiger partial charge in [-0.25, -0.2) is 23.1 Å². The second kappa shape index (κ2) is 5.37. The molecule has 0 saturated carbocycles.